The fourth-order valence-corrected chi connectivity index (χ4v) is 2.44. The average molecular weight is 345 g/mol. The average Bonchev–Trinajstić information content (AvgIpc) is 2.41. The zero-order chi connectivity index (χ0) is 14.8. The van der Waals surface area contributed by atoms with Crippen molar-refractivity contribution in [3.8, 4) is 0 Å². The number of nitrogens with two attached hydrogens (primary N) is 1. The van der Waals surface area contributed by atoms with E-state index < -0.39 is 17.8 Å². The Kier molecular flexibility index (Phi) is 4.47. The Morgan fingerprint density at radius 1 is 1.00 bits per heavy atom. The van der Waals surface area contributed by atoms with Crippen LogP contribution in [-0.4, -0.2) is 0 Å². The summed E-state index contributed by atoms with van der Waals surface area (Å²) in [4.78, 5) is 0. The summed E-state index contributed by atoms with van der Waals surface area (Å²) in [6, 6.07) is 12.7. The van der Waals surface area contributed by atoms with Gasteiger partial charge in [0.1, 0.15) is 0 Å². The van der Waals surface area contributed by atoms with Crippen LogP contribution in [-0.2, 0) is 6.18 Å². The first kappa shape index (κ1) is 15.0. The van der Waals surface area contributed by atoms with E-state index in [0.29, 0.717) is 5.56 Å². The van der Waals surface area contributed by atoms with Crippen molar-refractivity contribution in [1.82, 2.24) is 5.43 Å². The summed E-state index contributed by atoms with van der Waals surface area (Å²) >= 11 is 2.92. The molecule has 1 atom stereocenters. The SMILES string of the molecule is NNC(c1ccccc1)c1ccc(Br)c(C(F)(F)F)c1. The molecule has 3 N–H and O–H groups in total. The molecule has 2 nitrogen and oxygen atoms in total. The van der Waals surface area contributed by atoms with E-state index in [1.165, 1.54) is 6.07 Å². The molecular weight excluding hydrogens is 333 g/mol. The maximum Gasteiger partial charge on any atom is 0.417 e. The van der Waals surface area contributed by atoms with Crippen LogP contribution < -0.4 is 11.3 Å². The molecule has 0 aromatic heterocycles. The van der Waals surface area contributed by atoms with E-state index in [0.717, 1.165) is 11.6 Å². The Labute approximate surface area is 122 Å². The summed E-state index contributed by atoms with van der Waals surface area (Å²) in [5.41, 5.74) is 3.08. The maximum atomic E-state index is 12.9. The second-order valence-corrected chi connectivity index (χ2v) is 5.10. The van der Waals surface area contributed by atoms with Gasteiger partial charge in [0, 0.05) is 4.47 Å². The summed E-state index contributed by atoms with van der Waals surface area (Å²) in [5, 5.41) is 0. The monoisotopic (exact) mass is 344 g/mol. The normalized spacial score (nSPS) is 13.2. The van der Waals surface area contributed by atoms with Gasteiger partial charge in [0.15, 0.2) is 0 Å². The summed E-state index contributed by atoms with van der Waals surface area (Å²) in [6.45, 7) is 0. The van der Waals surface area contributed by atoms with E-state index in [9.17, 15) is 13.2 Å². The van der Waals surface area contributed by atoms with Crippen LogP contribution in [0.2, 0.25) is 0 Å². The lowest BCUT2D eigenvalue weighted by Gasteiger charge is -2.19. The van der Waals surface area contributed by atoms with Gasteiger partial charge >= 0.3 is 6.18 Å². The minimum Gasteiger partial charge on any atom is -0.271 e. The molecule has 2 aromatic rings. The molecule has 0 saturated heterocycles. The first-order valence-electron chi connectivity index (χ1n) is 5.81. The minimum atomic E-state index is -4.41. The number of rotatable bonds is 3. The third-order valence-corrected chi connectivity index (χ3v) is 3.62. The van der Waals surface area contributed by atoms with Gasteiger partial charge in [0.2, 0.25) is 0 Å². The van der Waals surface area contributed by atoms with E-state index in [2.05, 4.69) is 21.4 Å². The number of benzene rings is 2. The lowest BCUT2D eigenvalue weighted by atomic mass is 9.97. The highest BCUT2D eigenvalue weighted by molar-refractivity contribution is 9.10. The summed E-state index contributed by atoms with van der Waals surface area (Å²) < 4.78 is 38.8. The Hall–Kier alpha value is -1.37. The highest BCUT2D eigenvalue weighted by Gasteiger charge is 2.33. The van der Waals surface area contributed by atoms with Crippen molar-refractivity contribution in [1.29, 1.82) is 0 Å². The highest BCUT2D eigenvalue weighted by atomic mass is 79.9. The molecule has 0 amide bonds. The van der Waals surface area contributed by atoms with Gasteiger partial charge in [-0.2, -0.15) is 13.2 Å². The van der Waals surface area contributed by atoms with E-state index in [-0.39, 0.29) is 4.47 Å². The van der Waals surface area contributed by atoms with E-state index in [4.69, 9.17) is 5.84 Å². The predicted octanol–water partition coefficient (Wildman–Crippen LogP) is 4.02. The van der Waals surface area contributed by atoms with Crippen LogP contribution in [0.1, 0.15) is 22.7 Å². The molecule has 0 saturated carbocycles. The van der Waals surface area contributed by atoms with Gasteiger partial charge in [0.25, 0.3) is 0 Å². The predicted molar refractivity (Wildman–Crippen MR) is 74.8 cm³/mol. The van der Waals surface area contributed by atoms with Gasteiger partial charge in [-0.3, -0.25) is 5.84 Å². The number of nitrogens with one attached hydrogen (secondary N) is 1. The van der Waals surface area contributed by atoms with Gasteiger partial charge in [-0.1, -0.05) is 52.3 Å². The Morgan fingerprint density at radius 2 is 1.65 bits per heavy atom. The fourth-order valence-electron chi connectivity index (χ4n) is 1.97. The molecule has 106 valence electrons. The molecule has 0 aliphatic rings. The van der Waals surface area contributed by atoms with Gasteiger partial charge < -0.3 is 0 Å². The molecule has 2 aromatic carbocycles. The van der Waals surface area contributed by atoms with Crippen LogP contribution in [0.4, 0.5) is 13.2 Å². The standard InChI is InChI=1S/C14H12BrF3N2/c15-12-7-6-10(8-11(12)14(16,17)18)13(20-19)9-4-2-1-3-5-9/h1-8,13,20H,19H2. The third kappa shape index (κ3) is 3.20. The quantitative estimate of drug-likeness (QED) is 0.651. The number of hydrazine groups is 1. The number of alkyl halides is 3. The van der Waals surface area contributed by atoms with Crippen molar-refractivity contribution in [2.24, 2.45) is 5.84 Å². The summed E-state index contributed by atoms with van der Waals surface area (Å²) in [7, 11) is 0. The molecule has 0 aliphatic heterocycles. The van der Waals surface area contributed by atoms with Crippen molar-refractivity contribution in [2.75, 3.05) is 0 Å². The van der Waals surface area contributed by atoms with Gasteiger partial charge in [-0.15, -0.1) is 0 Å². The molecule has 0 radical (unpaired) electrons. The molecule has 20 heavy (non-hydrogen) atoms. The van der Waals surface area contributed by atoms with Crippen LogP contribution in [0.15, 0.2) is 53.0 Å². The first-order valence-corrected chi connectivity index (χ1v) is 6.60. The smallest absolute Gasteiger partial charge is 0.271 e. The number of hydrogen-bond donors (Lipinski definition) is 2. The van der Waals surface area contributed by atoms with Crippen molar-refractivity contribution in [2.45, 2.75) is 12.2 Å². The van der Waals surface area contributed by atoms with Crippen molar-refractivity contribution in [3.63, 3.8) is 0 Å². The van der Waals surface area contributed by atoms with Gasteiger partial charge in [-0.25, -0.2) is 5.43 Å². The van der Waals surface area contributed by atoms with E-state index in [1.54, 1.807) is 18.2 Å². The summed E-state index contributed by atoms with van der Waals surface area (Å²) in [5.74, 6) is 5.49. The van der Waals surface area contributed by atoms with Crippen molar-refractivity contribution < 1.29 is 13.2 Å². The molecule has 0 heterocycles. The largest absolute Gasteiger partial charge is 0.417 e. The van der Waals surface area contributed by atoms with Crippen LogP contribution in [0.25, 0.3) is 0 Å². The molecule has 1 unspecified atom stereocenters. The van der Waals surface area contributed by atoms with Crippen LogP contribution in [0.5, 0.6) is 0 Å². The number of hydrogen-bond acceptors (Lipinski definition) is 2. The Morgan fingerprint density at radius 3 is 2.20 bits per heavy atom. The molecule has 0 aliphatic carbocycles. The van der Waals surface area contributed by atoms with Crippen LogP contribution in [0, 0.1) is 0 Å². The topological polar surface area (TPSA) is 38.0 Å². The Bertz CT molecular complexity index is 585. The zero-order valence-electron chi connectivity index (χ0n) is 10.3. The summed E-state index contributed by atoms with van der Waals surface area (Å²) in [6.07, 6.45) is -4.41. The van der Waals surface area contributed by atoms with Crippen LogP contribution >= 0.6 is 15.9 Å². The molecule has 0 spiro atoms. The zero-order valence-corrected chi connectivity index (χ0v) is 11.9. The van der Waals surface area contributed by atoms with Gasteiger partial charge in [0.05, 0.1) is 11.6 Å². The van der Waals surface area contributed by atoms with E-state index in [1.807, 2.05) is 18.2 Å². The Balaban J connectivity index is 2.46. The second-order valence-electron chi connectivity index (χ2n) is 4.25. The van der Waals surface area contributed by atoms with E-state index >= 15 is 0 Å². The maximum absolute atomic E-state index is 12.9. The van der Waals surface area contributed by atoms with Crippen molar-refractivity contribution >= 4 is 15.9 Å². The molecule has 2 rings (SSSR count). The van der Waals surface area contributed by atoms with Crippen LogP contribution in [0.3, 0.4) is 0 Å². The molecular formula is C14H12BrF3N2. The van der Waals surface area contributed by atoms with Gasteiger partial charge in [-0.05, 0) is 23.3 Å². The lowest BCUT2D eigenvalue weighted by Crippen LogP contribution is -2.29. The molecule has 6 heteroatoms. The molecule has 0 bridgehead atoms. The lowest BCUT2D eigenvalue weighted by molar-refractivity contribution is -0.138. The number of halogens is 4. The third-order valence-electron chi connectivity index (χ3n) is 2.93. The van der Waals surface area contributed by atoms with Crippen molar-refractivity contribution in [3.05, 3.63) is 69.7 Å². The highest BCUT2D eigenvalue weighted by Crippen LogP contribution is 2.37. The first-order chi connectivity index (χ1) is 9.43. The minimum absolute atomic E-state index is 0.0117. The second kappa shape index (κ2) is 5.95. The fraction of sp³-hybridized carbons (Fsp3) is 0.143. The molecule has 0 fully saturated rings.